The molecule has 8 nitrogen and oxygen atoms in total. The van der Waals surface area contributed by atoms with E-state index in [1.165, 1.54) is 18.3 Å². The van der Waals surface area contributed by atoms with Crippen molar-refractivity contribution in [3.05, 3.63) is 76.5 Å². The van der Waals surface area contributed by atoms with Crippen molar-refractivity contribution >= 4 is 33.9 Å². The van der Waals surface area contributed by atoms with Gasteiger partial charge in [0, 0.05) is 29.5 Å². The molecule has 38 heavy (non-hydrogen) atoms. The van der Waals surface area contributed by atoms with Crippen molar-refractivity contribution in [2.45, 2.75) is 51.7 Å². The molecule has 0 saturated heterocycles. The Kier molecular flexibility index (Phi) is 6.70. The number of benzene rings is 2. The van der Waals surface area contributed by atoms with Crippen LogP contribution in [0.3, 0.4) is 0 Å². The lowest BCUT2D eigenvalue weighted by Gasteiger charge is -2.31. The van der Waals surface area contributed by atoms with Gasteiger partial charge in [0.25, 0.3) is 0 Å². The monoisotopic (exact) mass is 536 g/mol. The average molecular weight is 537 g/mol. The van der Waals surface area contributed by atoms with E-state index >= 15 is 0 Å². The van der Waals surface area contributed by atoms with E-state index in [4.69, 9.17) is 11.6 Å². The van der Waals surface area contributed by atoms with Gasteiger partial charge in [0.05, 0.1) is 47.5 Å². The fourth-order valence-electron chi connectivity index (χ4n) is 4.34. The molecule has 2 aromatic carbocycles. The Balaban J connectivity index is 1.61. The van der Waals surface area contributed by atoms with E-state index in [0.29, 0.717) is 50.2 Å². The van der Waals surface area contributed by atoms with Gasteiger partial charge in [0.1, 0.15) is 11.9 Å². The number of hydrazine groups is 2. The number of nitrogens with one attached hydrogen (secondary N) is 4. The molecule has 5 N–H and O–H groups in total. The zero-order valence-corrected chi connectivity index (χ0v) is 22.2. The topological polar surface area (TPSA) is 108 Å². The van der Waals surface area contributed by atoms with Crippen molar-refractivity contribution in [1.82, 2.24) is 21.0 Å². The fraction of sp³-hybridized carbons (Fsp3) is 0.357. The number of nitriles is 1. The lowest BCUT2D eigenvalue weighted by Crippen LogP contribution is -2.38. The molecule has 0 radical (unpaired) electrons. The number of anilines is 2. The van der Waals surface area contributed by atoms with Crippen molar-refractivity contribution in [1.29, 1.82) is 5.26 Å². The Morgan fingerprint density at radius 1 is 1.29 bits per heavy atom. The van der Waals surface area contributed by atoms with Gasteiger partial charge in [0.2, 0.25) is 0 Å². The number of nitrogens with zero attached hydrogens (tertiary/aromatic N) is 3. The van der Waals surface area contributed by atoms with Gasteiger partial charge >= 0.3 is 0 Å². The molecule has 1 saturated carbocycles. The van der Waals surface area contributed by atoms with Crippen LogP contribution in [0.2, 0.25) is 5.02 Å². The Morgan fingerprint density at radius 2 is 2.03 bits per heavy atom. The van der Waals surface area contributed by atoms with E-state index in [9.17, 15) is 16.1 Å². The Labute approximate surface area is 227 Å². The quantitative estimate of drug-likeness (QED) is 0.267. The predicted molar refractivity (Wildman–Crippen MR) is 147 cm³/mol. The normalized spacial score (nSPS) is 18.2. The molecule has 0 bridgehead atoms. The van der Waals surface area contributed by atoms with Crippen LogP contribution in [0.15, 0.2) is 54.5 Å². The van der Waals surface area contributed by atoms with Gasteiger partial charge in [-0.15, -0.1) is 5.53 Å². The van der Waals surface area contributed by atoms with Gasteiger partial charge in [-0.3, -0.25) is 9.99 Å². The molecule has 10 heteroatoms. The van der Waals surface area contributed by atoms with Gasteiger partial charge in [-0.2, -0.15) is 5.26 Å². The number of fused-ring (bicyclic) bond motifs is 1. The van der Waals surface area contributed by atoms with Crippen LogP contribution in [-0.2, 0) is 0 Å². The molecule has 1 aliphatic heterocycles. The smallest absolute Gasteiger partial charge is 0.123 e. The van der Waals surface area contributed by atoms with Crippen LogP contribution in [0, 0.1) is 22.6 Å². The number of pyridine rings is 1. The molecule has 198 valence electrons. The molecular formula is C28H31ClFN7O. The van der Waals surface area contributed by atoms with Crippen LogP contribution in [-0.4, -0.2) is 33.8 Å². The highest BCUT2D eigenvalue weighted by Crippen LogP contribution is 2.37. The summed E-state index contributed by atoms with van der Waals surface area (Å²) >= 11 is 6.69. The summed E-state index contributed by atoms with van der Waals surface area (Å²) in [6, 6.07) is 9.86. The number of hydrogen-bond donors (Lipinski definition) is 5. The first kappa shape index (κ1) is 24.7. The lowest BCUT2D eigenvalue weighted by atomic mass is 9.87. The van der Waals surface area contributed by atoms with Gasteiger partial charge in [-0.05, 0) is 48.1 Å². The highest BCUT2D eigenvalue weighted by Gasteiger charge is 2.32. The van der Waals surface area contributed by atoms with Gasteiger partial charge in [0.15, 0.2) is 0 Å². The molecule has 0 unspecified atom stereocenters. The molecule has 2 aliphatic rings. The molecule has 2 atom stereocenters. The molecule has 3 aromatic rings. The first-order valence-electron chi connectivity index (χ1n) is 13.0. The zero-order valence-electron chi connectivity index (χ0n) is 22.4. The molecule has 1 fully saturated rings. The van der Waals surface area contributed by atoms with Crippen LogP contribution in [0.5, 0.6) is 0 Å². The van der Waals surface area contributed by atoms with Crippen LogP contribution < -0.4 is 21.6 Å². The minimum absolute atomic E-state index is 0.144. The van der Waals surface area contributed by atoms with Crippen LogP contribution in [0.4, 0.5) is 15.8 Å². The third-order valence-corrected chi connectivity index (χ3v) is 7.08. The summed E-state index contributed by atoms with van der Waals surface area (Å²) in [5, 5.41) is 29.4. The summed E-state index contributed by atoms with van der Waals surface area (Å²) in [5.74, 6) is -0.399. The molecule has 5 rings (SSSR count). The summed E-state index contributed by atoms with van der Waals surface area (Å²) in [4.78, 5) is 4.41. The number of aliphatic hydroxyl groups excluding tert-OH is 1. The van der Waals surface area contributed by atoms with Crippen molar-refractivity contribution in [3.63, 3.8) is 0 Å². The summed E-state index contributed by atoms with van der Waals surface area (Å²) in [7, 11) is 0. The first-order chi connectivity index (χ1) is 18.5. The van der Waals surface area contributed by atoms with Crippen molar-refractivity contribution in [2.75, 3.05) is 17.2 Å². The molecule has 1 aromatic heterocycles. The van der Waals surface area contributed by atoms with Crippen molar-refractivity contribution < 1.29 is 10.9 Å². The molecule has 0 amide bonds. The summed E-state index contributed by atoms with van der Waals surface area (Å²) < 4.78 is 23.4. The number of hydrogen-bond acceptors (Lipinski definition) is 8. The van der Waals surface area contributed by atoms with Crippen molar-refractivity contribution in [3.8, 4) is 6.07 Å². The highest BCUT2D eigenvalue weighted by atomic mass is 35.5. The van der Waals surface area contributed by atoms with Crippen molar-refractivity contribution in [2.24, 2.45) is 5.41 Å². The first-order valence-corrected chi connectivity index (χ1v) is 12.9. The highest BCUT2D eigenvalue weighted by molar-refractivity contribution is 6.35. The van der Waals surface area contributed by atoms with E-state index < -0.39 is 11.8 Å². The lowest BCUT2D eigenvalue weighted by molar-refractivity contribution is 0.202. The number of aliphatic hydroxyl groups is 1. The number of aromatic nitrogens is 1. The fourth-order valence-corrected chi connectivity index (χ4v) is 4.61. The van der Waals surface area contributed by atoms with Crippen LogP contribution in [0.25, 0.3) is 10.9 Å². The van der Waals surface area contributed by atoms with E-state index in [1.54, 1.807) is 24.3 Å². The average Bonchev–Trinajstić information content (AvgIpc) is 3.62. The Hall–Kier alpha value is -3.58. The third-order valence-electron chi connectivity index (χ3n) is 6.79. The minimum atomic E-state index is -1.55. The minimum Gasteiger partial charge on any atom is -0.394 e. The molecular weight excluding hydrogens is 505 g/mol. The summed E-state index contributed by atoms with van der Waals surface area (Å²) in [6.07, 6.45) is 5.42. The van der Waals surface area contributed by atoms with E-state index in [2.05, 4.69) is 32.6 Å². The van der Waals surface area contributed by atoms with E-state index in [1.807, 2.05) is 32.0 Å². The maximum Gasteiger partial charge on any atom is 0.123 e. The summed E-state index contributed by atoms with van der Waals surface area (Å²) in [5.41, 5.74) is 8.70. The summed E-state index contributed by atoms with van der Waals surface area (Å²) in [6.45, 7) is 5.84. The SMILES string of the molecule is [2H][C@@](Nc1cc(Cl)c2ncc(C#N)c(N[C@@H](CO)C(C)(C)C)c2c1)(C1=CN(C2CC2)NN1)c1ccc(F)cc1. The van der Waals surface area contributed by atoms with Crippen LogP contribution in [0.1, 0.15) is 52.1 Å². The second-order valence-electron chi connectivity index (χ2n) is 10.7. The van der Waals surface area contributed by atoms with E-state index in [0.717, 1.165) is 12.8 Å². The second-order valence-corrected chi connectivity index (χ2v) is 11.1. The number of rotatable bonds is 8. The standard InChI is InChI=1S/C28H31ClFN7O/c1-28(2,3)24(15-38)34-25-17(12-31)13-32-27-21(25)10-19(11-22(27)29)33-26(16-4-6-18(30)7-5-16)23-14-37(36-35-23)20-8-9-20/h4-7,10-11,13-14,20,24,26,33,35-36,38H,8-9,15H2,1-3H3,(H,32,34)/t24-,26-/m0/s1/i26D. The zero-order chi connectivity index (χ0) is 27.9. The molecule has 1 aliphatic carbocycles. The van der Waals surface area contributed by atoms with Gasteiger partial charge in [-0.25, -0.2) is 4.39 Å². The van der Waals surface area contributed by atoms with E-state index in [-0.39, 0.29) is 18.1 Å². The maximum atomic E-state index is 13.8. The van der Waals surface area contributed by atoms with Crippen LogP contribution >= 0.6 is 11.6 Å². The van der Waals surface area contributed by atoms with Gasteiger partial charge in [-0.1, -0.05) is 44.5 Å². The maximum absolute atomic E-state index is 13.8. The molecule has 2 heterocycles. The molecule has 0 spiro atoms. The van der Waals surface area contributed by atoms with Gasteiger partial charge < -0.3 is 21.2 Å². The Morgan fingerprint density at radius 3 is 2.66 bits per heavy atom. The number of halogens is 2. The third kappa shape index (κ3) is 5.34. The largest absolute Gasteiger partial charge is 0.394 e. The second kappa shape index (κ2) is 10.3. The Bertz CT molecular complexity index is 1470. The predicted octanol–water partition coefficient (Wildman–Crippen LogP) is 5.20.